The molecule has 19 heavy (non-hydrogen) atoms. The second-order valence-corrected chi connectivity index (χ2v) is 9.14. The van der Waals surface area contributed by atoms with Crippen LogP contribution in [0.25, 0.3) is 0 Å². The van der Waals surface area contributed by atoms with E-state index in [0.29, 0.717) is 5.78 Å². The highest BCUT2D eigenvalue weighted by Crippen LogP contribution is 2.44. The molecule has 0 saturated heterocycles. The lowest BCUT2D eigenvalue weighted by Gasteiger charge is -2.38. The van der Waals surface area contributed by atoms with Gasteiger partial charge < -0.3 is 0 Å². The Morgan fingerprint density at radius 3 is 2.53 bits per heavy atom. The summed E-state index contributed by atoms with van der Waals surface area (Å²) in [7, 11) is 0. The Morgan fingerprint density at radius 1 is 1.11 bits per heavy atom. The molecule has 104 valence electrons. The first kappa shape index (κ1) is 14.3. The first-order valence-electron chi connectivity index (χ1n) is 7.14. The molecular weight excluding hydrogens is 388 g/mol. The van der Waals surface area contributed by atoms with E-state index in [1.54, 1.807) is 11.3 Å². The second kappa shape index (κ2) is 5.98. The molecule has 1 nitrogen and oxygen atoms in total. The third-order valence-corrected chi connectivity index (χ3v) is 8.07. The Labute approximate surface area is 135 Å². The Hall–Kier alpha value is 0.330. The normalized spacial score (nSPS) is 30.9. The third-order valence-electron chi connectivity index (χ3n) is 4.80. The molecule has 2 aliphatic rings. The van der Waals surface area contributed by atoms with Crippen molar-refractivity contribution in [1.29, 1.82) is 0 Å². The van der Waals surface area contributed by atoms with Gasteiger partial charge in [-0.05, 0) is 69.0 Å². The van der Waals surface area contributed by atoms with Crippen LogP contribution in [0.1, 0.15) is 54.6 Å². The number of hydrogen-bond acceptors (Lipinski definition) is 2. The molecule has 4 heteroatoms. The van der Waals surface area contributed by atoms with Gasteiger partial charge in [-0.15, -0.1) is 11.3 Å². The Morgan fingerprint density at radius 2 is 1.84 bits per heavy atom. The van der Waals surface area contributed by atoms with Gasteiger partial charge in [0.15, 0.2) is 5.78 Å². The summed E-state index contributed by atoms with van der Waals surface area (Å²) in [5.41, 5.74) is 0. The molecule has 3 rings (SSSR count). The first-order chi connectivity index (χ1) is 9.15. The van der Waals surface area contributed by atoms with Crippen LogP contribution in [0.3, 0.4) is 0 Å². The van der Waals surface area contributed by atoms with Crippen LogP contribution in [0.4, 0.5) is 0 Å². The minimum absolute atomic E-state index is 0.275. The minimum atomic E-state index is 0.275. The van der Waals surface area contributed by atoms with E-state index in [4.69, 9.17) is 0 Å². The van der Waals surface area contributed by atoms with Crippen molar-refractivity contribution in [3.63, 3.8) is 0 Å². The summed E-state index contributed by atoms with van der Waals surface area (Å²) in [6.07, 6.45) is 9.05. The molecule has 0 radical (unpaired) electrons. The summed E-state index contributed by atoms with van der Waals surface area (Å²) in [6.45, 7) is 0. The molecule has 2 fully saturated rings. The van der Waals surface area contributed by atoms with Gasteiger partial charge in [0.05, 0.1) is 8.66 Å². The lowest BCUT2D eigenvalue weighted by Crippen LogP contribution is -2.31. The molecular formula is C15H18Br2OS. The summed E-state index contributed by atoms with van der Waals surface area (Å²) in [4.78, 5) is 13.5. The fourth-order valence-electron chi connectivity index (χ4n) is 3.78. The molecule has 0 aliphatic heterocycles. The summed E-state index contributed by atoms with van der Waals surface area (Å²) in [5.74, 6) is 2.39. The highest BCUT2D eigenvalue weighted by atomic mass is 79.9. The quantitative estimate of drug-likeness (QED) is 0.546. The largest absolute Gasteiger partial charge is 0.293 e. The molecule has 0 N–H and O–H groups in total. The summed E-state index contributed by atoms with van der Waals surface area (Å²) < 4.78 is 2.04. The molecule has 2 aliphatic carbocycles. The number of rotatable bonds is 2. The van der Waals surface area contributed by atoms with Gasteiger partial charge in [-0.2, -0.15) is 0 Å². The minimum Gasteiger partial charge on any atom is -0.293 e. The van der Waals surface area contributed by atoms with Crippen LogP contribution in [0, 0.1) is 17.8 Å². The van der Waals surface area contributed by atoms with E-state index < -0.39 is 0 Å². The molecule has 0 aromatic carbocycles. The van der Waals surface area contributed by atoms with E-state index in [1.807, 2.05) is 6.07 Å². The van der Waals surface area contributed by atoms with E-state index in [9.17, 15) is 4.79 Å². The van der Waals surface area contributed by atoms with Crippen molar-refractivity contribution in [3.8, 4) is 0 Å². The van der Waals surface area contributed by atoms with Crippen LogP contribution in [0.5, 0.6) is 0 Å². The fraction of sp³-hybridized carbons (Fsp3) is 0.667. The fourth-order valence-corrected chi connectivity index (χ4v) is 5.84. The predicted octanol–water partition coefficient (Wildman–Crippen LogP) is 6.06. The average Bonchev–Trinajstić information content (AvgIpc) is 2.77. The SMILES string of the molecule is O=C(c1cc(Br)c(Br)s1)C1CCC2CCCCC2C1. The first-order valence-corrected chi connectivity index (χ1v) is 9.54. The van der Waals surface area contributed by atoms with Crippen molar-refractivity contribution >= 4 is 49.0 Å². The zero-order valence-corrected chi connectivity index (χ0v) is 14.8. The topological polar surface area (TPSA) is 17.1 Å². The number of ketones is 1. The van der Waals surface area contributed by atoms with E-state index in [2.05, 4.69) is 31.9 Å². The monoisotopic (exact) mass is 404 g/mol. The maximum absolute atomic E-state index is 12.6. The van der Waals surface area contributed by atoms with Crippen molar-refractivity contribution in [2.45, 2.75) is 44.9 Å². The van der Waals surface area contributed by atoms with Gasteiger partial charge in [0.1, 0.15) is 0 Å². The van der Waals surface area contributed by atoms with Gasteiger partial charge >= 0.3 is 0 Å². The third kappa shape index (κ3) is 3.01. The van der Waals surface area contributed by atoms with E-state index in [0.717, 1.165) is 37.8 Å². The molecule has 1 aromatic heterocycles. The Balaban J connectivity index is 1.70. The Bertz CT molecular complexity index is 463. The molecule has 3 unspecified atom stereocenters. The highest BCUT2D eigenvalue weighted by molar-refractivity contribution is 9.13. The highest BCUT2D eigenvalue weighted by Gasteiger charge is 2.35. The number of thiophene rings is 1. The summed E-state index contributed by atoms with van der Waals surface area (Å²) in [5, 5.41) is 0. The van der Waals surface area contributed by atoms with Gasteiger partial charge in [0, 0.05) is 10.4 Å². The van der Waals surface area contributed by atoms with E-state index in [1.165, 1.54) is 32.1 Å². The average molecular weight is 406 g/mol. The number of fused-ring (bicyclic) bond motifs is 1. The predicted molar refractivity (Wildman–Crippen MR) is 86.8 cm³/mol. The molecule has 0 bridgehead atoms. The number of hydrogen-bond donors (Lipinski definition) is 0. The van der Waals surface area contributed by atoms with Crippen molar-refractivity contribution < 1.29 is 4.79 Å². The zero-order valence-electron chi connectivity index (χ0n) is 10.8. The van der Waals surface area contributed by atoms with Gasteiger partial charge in [-0.25, -0.2) is 0 Å². The number of carbonyl (C=O) groups is 1. The Kier molecular flexibility index (Phi) is 4.50. The van der Waals surface area contributed by atoms with E-state index >= 15 is 0 Å². The van der Waals surface area contributed by atoms with Gasteiger partial charge in [-0.3, -0.25) is 4.79 Å². The number of Topliss-reactive ketones (excluding diaryl/α,β-unsaturated/α-hetero) is 1. The number of carbonyl (C=O) groups excluding carboxylic acids is 1. The smallest absolute Gasteiger partial charge is 0.175 e. The second-order valence-electron chi connectivity index (χ2n) is 5.91. The summed E-state index contributed by atoms with van der Waals surface area (Å²) >= 11 is 8.52. The van der Waals surface area contributed by atoms with Crippen LogP contribution in [-0.2, 0) is 0 Å². The zero-order chi connectivity index (χ0) is 13.4. The van der Waals surface area contributed by atoms with Gasteiger partial charge in [-0.1, -0.05) is 25.7 Å². The van der Waals surface area contributed by atoms with Crippen molar-refractivity contribution in [3.05, 3.63) is 19.2 Å². The summed E-state index contributed by atoms with van der Waals surface area (Å²) in [6, 6.07) is 1.98. The molecule has 0 amide bonds. The molecule has 3 atom stereocenters. The standard InChI is InChI=1S/C15H18Br2OS/c16-12-8-13(19-15(12)17)14(18)11-6-5-9-3-1-2-4-10(9)7-11/h8-11H,1-7H2. The molecule has 0 spiro atoms. The maximum atomic E-state index is 12.6. The van der Waals surface area contributed by atoms with Crippen LogP contribution >= 0.6 is 43.2 Å². The maximum Gasteiger partial charge on any atom is 0.175 e. The molecule has 1 aromatic rings. The van der Waals surface area contributed by atoms with Crippen molar-refractivity contribution in [2.24, 2.45) is 17.8 Å². The van der Waals surface area contributed by atoms with Crippen LogP contribution in [0.2, 0.25) is 0 Å². The lowest BCUT2D eigenvalue weighted by molar-refractivity contribution is 0.0767. The van der Waals surface area contributed by atoms with Crippen LogP contribution < -0.4 is 0 Å². The lowest BCUT2D eigenvalue weighted by atomic mass is 9.66. The van der Waals surface area contributed by atoms with Crippen LogP contribution in [-0.4, -0.2) is 5.78 Å². The van der Waals surface area contributed by atoms with Crippen molar-refractivity contribution in [1.82, 2.24) is 0 Å². The van der Waals surface area contributed by atoms with E-state index in [-0.39, 0.29) is 5.92 Å². The molecule has 2 saturated carbocycles. The number of halogens is 2. The van der Waals surface area contributed by atoms with Crippen molar-refractivity contribution in [2.75, 3.05) is 0 Å². The van der Waals surface area contributed by atoms with Gasteiger partial charge in [0.2, 0.25) is 0 Å². The van der Waals surface area contributed by atoms with Crippen LogP contribution in [0.15, 0.2) is 14.3 Å². The van der Waals surface area contributed by atoms with Gasteiger partial charge in [0.25, 0.3) is 0 Å². The molecule has 1 heterocycles.